The fourth-order valence-electron chi connectivity index (χ4n) is 1.17. The van der Waals surface area contributed by atoms with Gasteiger partial charge in [0, 0.05) is 18.4 Å². The van der Waals surface area contributed by atoms with Crippen LogP contribution in [0.25, 0.3) is 0 Å². The van der Waals surface area contributed by atoms with Gasteiger partial charge in [-0.2, -0.15) is 5.10 Å². The summed E-state index contributed by atoms with van der Waals surface area (Å²) >= 11 is 0. The topological polar surface area (TPSA) is 62.3 Å². The molecule has 0 aliphatic rings. The normalized spacial score (nSPS) is 10.8. The van der Waals surface area contributed by atoms with Crippen LogP contribution in [0.15, 0.2) is 6.20 Å². The molecule has 0 aromatic carbocycles. The fraction of sp³-hybridized carbons (Fsp3) is 0.700. The average molecular weight is 213 g/mol. The minimum atomic E-state index is 0.587. The number of nitrogen functional groups attached to an aromatic ring is 1. The third-order valence-electron chi connectivity index (χ3n) is 2.02. The largest absolute Gasteiger partial charge is 0.382 e. The van der Waals surface area contributed by atoms with Gasteiger partial charge in [0.2, 0.25) is 0 Å². The first kappa shape index (κ1) is 12.0. The van der Waals surface area contributed by atoms with Crippen LogP contribution in [0.2, 0.25) is 0 Å². The molecule has 0 amide bonds. The number of nitrogens with zero attached hydrogens (tertiary/aromatic N) is 2. The lowest BCUT2D eigenvalue weighted by molar-refractivity contribution is 0.0488. The minimum Gasteiger partial charge on any atom is -0.382 e. The smallest absolute Gasteiger partial charge is 0.148 e. The molecule has 0 atom stereocenters. The first-order valence-corrected chi connectivity index (χ1v) is 5.19. The summed E-state index contributed by atoms with van der Waals surface area (Å²) in [5.74, 6) is 0.587. The number of hydrogen-bond acceptors (Lipinski definition) is 4. The molecule has 0 aliphatic carbocycles. The number of anilines is 1. The van der Waals surface area contributed by atoms with Crippen LogP contribution in [0.3, 0.4) is 0 Å². The lowest BCUT2D eigenvalue weighted by Gasteiger charge is -2.04. The van der Waals surface area contributed by atoms with Crippen molar-refractivity contribution < 1.29 is 9.47 Å². The summed E-state index contributed by atoms with van der Waals surface area (Å²) < 4.78 is 12.3. The number of nitrogens with two attached hydrogens (primary N) is 1. The summed E-state index contributed by atoms with van der Waals surface area (Å²) in [5.41, 5.74) is 6.62. The van der Waals surface area contributed by atoms with Gasteiger partial charge in [-0.1, -0.05) is 0 Å². The van der Waals surface area contributed by atoms with E-state index >= 15 is 0 Å². The van der Waals surface area contributed by atoms with Crippen molar-refractivity contribution in [3.63, 3.8) is 0 Å². The summed E-state index contributed by atoms with van der Waals surface area (Å²) in [5, 5.41) is 4.13. The standard InChI is InChI=1S/C10H19N3O2/c1-3-14-6-7-15-5-4-13-8-9(2)10(11)12-13/h8H,3-7H2,1-2H3,(H2,11,12). The van der Waals surface area contributed by atoms with E-state index in [1.54, 1.807) is 4.68 Å². The van der Waals surface area contributed by atoms with Crippen molar-refractivity contribution in [2.24, 2.45) is 0 Å². The van der Waals surface area contributed by atoms with Crippen molar-refractivity contribution in [1.29, 1.82) is 0 Å². The molecule has 86 valence electrons. The highest BCUT2D eigenvalue weighted by Gasteiger charge is 1.99. The Morgan fingerprint density at radius 1 is 1.33 bits per heavy atom. The maximum Gasteiger partial charge on any atom is 0.148 e. The van der Waals surface area contributed by atoms with Gasteiger partial charge in [-0.3, -0.25) is 4.68 Å². The van der Waals surface area contributed by atoms with Crippen molar-refractivity contribution in [3.8, 4) is 0 Å². The zero-order valence-corrected chi connectivity index (χ0v) is 9.40. The van der Waals surface area contributed by atoms with Crippen molar-refractivity contribution in [3.05, 3.63) is 11.8 Å². The van der Waals surface area contributed by atoms with E-state index in [4.69, 9.17) is 15.2 Å². The SMILES string of the molecule is CCOCCOCCn1cc(C)c(N)n1. The third-order valence-corrected chi connectivity index (χ3v) is 2.02. The predicted octanol–water partition coefficient (Wildman–Crippen LogP) is 0.827. The number of aryl methyl sites for hydroxylation is 1. The Labute approximate surface area is 90.2 Å². The second-order valence-corrected chi connectivity index (χ2v) is 3.27. The van der Waals surface area contributed by atoms with Crippen molar-refractivity contribution in [2.45, 2.75) is 20.4 Å². The summed E-state index contributed by atoms with van der Waals surface area (Å²) in [6.07, 6.45) is 1.92. The molecule has 0 unspecified atom stereocenters. The average Bonchev–Trinajstić information content (AvgIpc) is 2.52. The van der Waals surface area contributed by atoms with E-state index in [0.29, 0.717) is 25.6 Å². The molecule has 0 radical (unpaired) electrons. The van der Waals surface area contributed by atoms with E-state index in [1.807, 2.05) is 20.0 Å². The maximum atomic E-state index is 5.62. The zero-order valence-electron chi connectivity index (χ0n) is 9.40. The molecular weight excluding hydrogens is 194 g/mol. The second-order valence-electron chi connectivity index (χ2n) is 3.27. The highest BCUT2D eigenvalue weighted by atomic mass is 16.5. The molecule has 0 saturated carbocycles. The number of rotatable bonds is 7. The summed E-state index contributed by atoms with van der Waals surface area (Å²) in [6.45, 7) is 7.28. The molecule has 0 spiro atoms. The monoisotopic (exact) mass is 213 g/mol. The zero-order chi connectivity index (χ0) is 11.1. The summed E-state index contributed by atoms with van der Waals surface area (Å²) in [7, 11) is 0. The van der Waals surface area contributed by atoms with Crippen LogP contribution in [0.4, 0.5) is 5.82 Å². The van der Waals surface area contributed by atoms with Crippen LogP contribution in [0.1, 0.15) is 12.5 Å². The molecule has 0 saturated heterocycles. The molecule has 1 aromatic rings. The Kier molecular flexibility index (Phi) is 5.14. The first-order valence-electron chi connectivity index (χ1n) is 5.19. The number of ether oxygens (including phenoxy) is 2. The van der Waals surface area contributed by atoms with Crippen LogP contribution in [-0.4, -0.2) is 36.2 Å². The highest BCUT2D eigenvalue weighted by molar-refractivity contribution is 5.35. The molecule has 0 fully saturated rings. The Bertz CT molecular complexity index is 267. The minimum absolute atomic E-state index is 0.587. The Morgan fingerprint density at radius 2 is 2.07 bits per heavy atom. The van der Waals surface area contributed by atoms with E-state index in [-0.39, 0.29) is 0 Å². The molecule has 15 heavy (non-hydrogen) atoms. The van der Waals surface area contributed by atoms with Gasteiger partial charge < -0.3 is 15.2 Å². The van der Waals surface area contributed by atoms with E-state index < -0.39 is 0 Å². The first-order chi connectivity index (χ1) is 7.24. The molecule has 0 bridgehead atoms. The molecule has 1 aromatic heterocycles. The molecule has 1 heterocycles. The van der Waals surface area contributed by atoms with E-state index in [9.17, 15) is 0 Å². The van der Waals surface area contributed by atoms with Crippen LogP contribution < -0.4 is 5.73 Å². The van der Waals surface area contributed by atoms with Gasteiger partial charge in [-0.25, -0.2) is 0 Å². The predicted molar refractivity (Wildman–Crippen MR) is 58.7 cm³/mol. The molecule has 2 N–H and O–H groups in total. The van der Waals surface area contributed by atoms with Gasteiger partial charge in [0.25, 0.3) is 0 Å². The van der Waals surface area contributed by atoms with Gasteiger partial charge in [0.1, 0.15) is 5.82 Å². The van der Waals surface area contributed by atoms with E-state index in [2.05, 4.69) is 5.10 Å². The molecule has 1 rings (SSSR count). The van der Waals surface area contributed by atoms with Crippen LogP contribution in [-0.2, 0) is 16.0 Å². The second kappa shape index (κ2) is 6.42. The van der Waals surface area contributed by atoms with Crippen LogP contribution in [0.5, 0.6) is 0 Å². The third kappa shape index (κ3) is 4.31. The van der Waals surface area contributed by atoms with Gasteiger partial charge in [0.05, 0.1) is 26.4 Å². The molecular formula is C10H19N3O2. The van der Waals surface area contributed by atoms with Crippen molar-refractivity contribution >= 4 is 5.82 Å². The van der Waals surface area contributed by atoms with E-state index in [1.165, 1.54) is 0 Å². The molecule has 5 heteroatoms. The lowest BCUT2D eigenvalue weighted by atomic mass is 10.4. The highest BCUT2D eigenvalue weighted by Crippen LogP contribution is 2.05. The van der Waals surface area contributed by atoms with Crippen molar-refractivity contribution in [1.82, 2.24) is 9.78 Å². The van der Waals surface area contributed by atoms with Gasteiger partial charge >= 0.3 is 0 Å². The van der Waals surface area contributed by atoms with Gasteiger partial charge in [-0.05, 0) is 13.8 Å². The molecule has 5 nitrogen and oxygen atoms in total. The summed E-state index contributed by atoms with van der Waals surface area (Å²) in [6, 6.07) is 0. The van der Waals surface area contributed by atoms with Crippen molar-refractivity contribution in [2.75, 3.05) is 32.2 Å². The quantitative estimate of drug-likeness (QED) is 0.681. The Balaban J connectivity index is 2.10. The van der Waals surface area contributed by atoms with Crippen LogP contribution >= 0.6 is 0 Å². The van der Waals surface area contributed by atoms with Gasteiger partial charge in [0.15, 0.2) is 0 Å². The number of aromatic nitrogens is 2. The molecule has 0 aliphatic heterocycles. The fourth-order valence-corrected chi connectivity index (χ4v) is 1.17. The Morgan fingerprint density at radius 3 is 2.67 bits per heavy atom. The van der Waals surface area contributed by atoms with Gasteiger partial charge in [-0.15, -0.1) is 0 Å². The maximum absolute atomic E-state index is 5.62. The van der Waals surface area contributed by atoms with E-state index in [0.717, 1.165) is 18.7 Å². The van der Waals surface area contributed by atoms with Crippen LogP contribution in [0, 0.1) is 6.92 Å². The Hall–Kier alpha value is -1.07. The summed E-state index contributed by atoms with van der Waals surface area (Å²) in [4.78, 5) is 0. The lowest BCUT2D eigenvalue weighted by Crippen LogP contribution is -2.10. The number of hydrogen-bond donors (Lipinski definition) is 1.